The zero-order valence-electron chi connectivity index (χ0n) is 16.3. The second kappa shape index (κ2) is 9.65. The van der Waals surface area contributed by atoms with Gasteiger partial charge in [-0.1, -0.05) is 35.3 Å². The predicted molar refractivity (Wildman–Crippen MR) is 115 cm³/mol. The monoisotopic (exact) mass is 445 g/mol. The molecule has 0 aliphatic rings. The van der Waals surface area contributed by atoms with Crippen molar-refractivity contribution < 1.29 is 8.42 Å². The van der Waals surface area contributed by atoms with Crippen molar-refractivity contribution in [1.82, 2.24) is 19.9 Å². The second-order valence-corrected chi connectivity index (χ2v) is 8.85. The van der Waals surface area contributed by atoms with E-state index in [-0.39, 0.29) is 6.54 Å². The molecule has 0 bridgehead atoms. The first-order chi connectivity index (χ1) is 13.2. The number of nitrogens with one attached hydrogen (secondary N) is 3. The summed E-state index contributed by atoms with van der Waals surface area (Å²) in [5, 5.41) is 7.17. The maximum atomic E-state index is 12.5. The molecule has 0 saturated heterocycles. The molecule has 0 atom stereocenters. The number of nitrogens with zero attached hydrogens (tertiary/aromatic N) is 2. The molecule has 1 aromatic heterocycles. The lowest BCUT2D eigenvalue weighted by Gasteiger charge is -2.14. The fraction of sp³-hybridized carbons (Fsp3) is 0.389. The number of guanidine groups is 1. The van der Waals surface area contributed by atoms with Crippen molar-refractivity contribution in [3.63, 3.8) is 0 Å². The van der Waals surface area contributed by atoms with Gasteiger partial charge in [-0.25, -0.2) is 13.1 Å². The molecule has 10 heteroatoms. The maximum absolute atomic E-state index is 12.5. The van der Waals surface area contributed by atoms with Gasteiger partial charge in [0.15, 0.2) is 5.96 Å². The molecule has 0 aliphatic heterocycles. The zero-order valence-corrected chi connectivity index (χ0v) is 18.6. The standard InChI is InChI=1S/C18H25Cl2N5O2S/c1-12-5-6-13(2)16(9-12)28(26,27)24-8-7-22-18(21-3)23-11-14-10-15(19)17(20)25(14)4/h5-6,9-10,24H,7-8,11H2,1-4H3,(H2,21,22,23). The van der Waals surface area contributed by atoms with E-state index in [4.69, 9.17) is 23.2 Å². The number of sulfonamides is 1. The fourth-order valence-electron chi connectivity index (χ4n) is 2.59. The van der Waals surface area contributed by atoms with Crippen molar-refractivity contribution in [3.8, 4) is 0 Å². The Morgan fingerprint density at radius 3 is 2.46 bits per heavy atom. The van der Waals surface area contributed by atoms with Crippen molar-refractivity contribution in [1.29, 1.82) is 0 Å². The molecule has 28 heavy (non-hydrogen) atoms. The molecule has 2 rings (SSSR count). The summed E-state index contributed by atoms with van der Waals surface area (Å²) in [6.07, 6.45) is 0. The summed E-state index contributed by atoms with van der Waals surface area (Å²) >= 11 is 12.1. The van der Waals surface area contributed by atoms with E-state index in [1.165, 1.54) is 0 Å². The van der Waals surface area contributed by atoms with E-state index < -0.39 is 10.0 Å². The first kappa shape index (κ1) is 22.5. The first-order valence-electron chi connectivity index (χ1n) is 8.66. The van der Waals surface area contributed by atoms with Gasteiger partial charge in [-0.2, -0.15) is 0 Å². The molecular formula is C18H25Cl2N5O2S. The molecule has 0 spiro atoms. The van der Waals surface area contributed by atoms with Gasteiger partial charge in [-0.05, 0) is 37.1 Å². The Hall–Kier alpha value is -1.74. The summed E-state index contributed by atoms with van der Waals surface area (Å²) in [5.74, 6) is 0.541. The molecule has 0 fully saturated rings. The van der Waals surface area contributed by atoms with Crippen LogP contribution < -0.4 is 15.4 Å². The Kier molecular flexibility index (Phi) is 7.77. The van der Waals surface area contributed by atoms with Gasteiger partial charge >= 0.3 is 0 Å². The summed E-state index contributed by atoms with van der Waals surface area (Å²) < 4.78 is 29.4. The van der Waals surface area contributed by atoms with Crippen LogP contribution in [-0.2, 0) is 23.6 Å². The number of hydrogen-bond donors (Lipinski definition) is 3. The van der Waals surface area contributed by atoms with Gasteiger partial charge in [-0.15, -0.1) is 0 Å². The van der Waals surface area contributed by atoms with Crippen LogP contribution in [0, 0.1) is 13.8 Å². The van der Waals surface area contributed by atoms with Crippen molar-refractivity contribution in [2.75, 3.05) is 20.1 Å². The van der Waals surface area contributed by atoms with Crippen LogP contribution in [0.15, 0.2) is 34.2 Å². The minimum Gasteiger partial charge on any atom is -0.355 e. The zero-order chi connectivity index (χ0) is 20.9. The van der Waals surface area contributed by atoms with Gasteiger partial charge in [0.25, 0.3) is 0 Å². The van der Waals surface area contributed by atoms with Gasteiger partial charge < -0.3 is 15.2 Å². The second-order valence-electron chi connectivity index (χ2n) is 6.35. The van der Waals surface area contributed by atoms with Crippen LogP contribution in [0.3, 0.4) is 0 Å². The summed E-state index contributed by atoms with van der Waals surface area (Å²) in [7, 11) is -0.102. The van der Waals surface area contributed by atoms with E-state index in [9.17, 15) is 8.42 Å². The van der Waals surface area contributed by atoms with Gasteiger partial charge in [0.05, 0.1) is 16.5 Å². The summed E-state index contributed by atoms with van der Waals surface area (Å²) in [5.41, 5.74) is 2.51. The fourth-order valence-corrected chi connectivity index (χ4v) is 4.37. The predicted octanol–water partition coefficient (Wildman–Crippen LogP) is 2.59. The number of aromatic nitrogens is 1. The van der Waals surface area contributed by atoms with E-state index in [0.717, 1.165) is 11.3 Å². The van der Waals surface area contributed by atoms with Crippen molar-refractivity contribution >= 4 is 39.2 Å². The van der Waals surface area contributed by atoms with E-state index in [2.05, 4.69) is 20.3 Å². The molecule has 0 unspecified atom stereocenters. The lowest BCUT2D eigenvalue weighted by Crippen LogP contribution is -2.41. The molecule has 0 aliphatic carbocycles. The Bertz CT molecular complexity index is 971. The normalized spacial score (nSPS) is 12.3. The van der Waals surface area contributed by atoms with E-state index in [1.54, 1.807) is 36.7 Å². The summed E-state index contributed by atoms with van der Waals surface area (Å²) in [6.45, 7) is 4.70. The van der Waals surface area contributed by atoms with E-state index >= 15 is 0 Å². The number of halogens is 2. The topological polar surface area (TPSA) is 87.5 Å². The molecule has 0 amide bonds. The summed E-state index contributed by atoms with van der Waals surface area (Å²) in [4.78, 5) is 4.42. The smallest absolute Gasteiger partial charge is 0.240 e. The lowest BCUT2D eigenvalue weighted by molar-refractivity contribution is 0.579. The van der Waals surface area contributed by atoms with Crippen molar-refractivity contribution in [2.24, 2.45) is 12.0 Å². The minimum absolute atomic E-state index is 0.220. The molecular weight excluding hydrogens is 421 g/mol. The van der Waals surface area contributed by atoms with Gasteiger partial charge in [-0.3, -0.25) is 4.99 Å². The Labute approximate surface area is 176 Å². The number of rotatable bonds is 7. The molecule has 2 aromatic rings. The first-order valence-corrected chi connectivity index (χ1v) is 10.9. The number of aryl methyl sites for hydroxylation is 2. The highest BCUT2D eigenvalue weighted by atomic mass is 35.5. The van der Waals surface area contributed by atoms with Crippen LogP contribution in [0.5, 0.6) is 0 Å². The number of benzene rings is 1. The summed E-state index contributed by atoms with van der Waals surface area (Å²) in [6, 6.07) is 7.14. The number of hydrogen-bond acceptors (Lipinski definition) is 3. The van der Waals surface area contributed by atoms with Crippen molar-refractivity contribution in [3.05, 3.63) is 51.3 Å². The van der Waals surface area contributed by atoms with Crippen LogP contribution in [0.2, 0.25) is 10.2 Å². The molecule has 7 nitrogen and oxygen atoms in total. The molecule has 0 radical (unpaired) electrons. The van der Waals surface area contributed by atoms with Gasteiger partial charge in [0.1, 0.15) is 5.15 Å². The highest BCUT2D eigenvalue weighted by Crippen LogP contribution is 2.24. The van der Waals surface area contributed by atoms with Crippen LogP contribution >= 0.6 is 23.2 Å². The maximum Gasteiger partial charge on any atom is 0.240 e. The SMILES string of the molecule is CN=C(NCCNS(=O)(=O)c1cc(C)ccc1C)NCc1cc(Cl)c(Cl)n1C. The third-order valence-corrected chi connectivity index (χ3v) is 6.66. The molecule has 1 heterocycles. The van der Waals surface area contributed by atoms with E-state index in [0.29, 0.717) is 39.7 Å². The van der Waals surface area contributed by atoms with Crippen LogP contribution in [0.25, 0.3) is 0 Å². The average molecular weight is 446 g/mol. The quantitative estimate of drug-likeness (QED) is 0.347. The Morgan fingerprint density at radius 1 is 1.14 bits per heavy atom. The van der Waals surface area contributed by atoms with Crippen LogP contribution in [0.4, 0.5) is 0 Å². The van der Waals surface area contributed by atoms with Gasteiger partial charge in [0, 0.05) is 32.9 Å². The van der Waals surface area contributed by atoms with Crippen molar-refractivity contribution in [2.45, 2.75) is 25.3 Å². The highest BCUT2D eigenvalue weighted by Gasteiger charge is 2.16. The Balaban J connectivity index is 1.85. The van der Waals surface area contributed by atoms with Crippen LogP contribution in [-0.4, -0.2) is 39.1 Å². The van der Waals surface area contributed by atoms with Crippen LogP contribution in [0.1, 0.15) is 16.8 Å². The average Bonchev–Trinajstić information content (AvgIpc) is 2.90. The largest absolute Gasteiger partial charge is 0.355 e. The molecule has 154 valence electrons. The molecule has 0 saturated carbocycles. The van der Waals surface area contributed by atoms with E-state index in [1.807, 2.05) is 20.0 Å². The Morgan fingerprint density at radius 2 is 1.86 bits per heavy atom. The highest BCUT2D eigenvalue weighted by molar-refractivity contribution is 7.89. The number of aliphatic imine (C=N–C) groups is 1. The molecule has 1 aromatic carbocycles. The third-order valence-electron chi connectivity index (χ3n) is 4.22. The lowest BCUT2D eigenvalue weighted by atomic mass is 10.2. The minimum atomic E-state index is -3.56. The van der Waals surface area contributed by atoms with Gasteiger partial charge in [0.2, 0.25) is 10.0 Å². The third kappa shape index (κ3) is 5.64. The molecule has 3 N–H and O–H groups in total.